The predicted molar refractivity (Wildman–Crippen MR) is 34.1 cm³/mol. The zero-order chi connectivity index (χ0) is 7.56. The van der Waals surface area contributed by atoms with Crippen LogP contribution >= 0.6 is 0 Å². The maximum absolute atomic E-state index is 12.4. The van der Waals surface area contributed by atoms with E-state index < -0.39 is 5.97 Å². The lowest BCUT2D eigenvalue weighted by Gasteiger charge is -2.02. The number of halogens is 1. The number of aliphatic carboxylic acids is 1. The maximum atomic E-state index is 12.4. The van der Waals surface area contributed by atoms with E-state index in [1.807, 2.05) is 0 Å². The Labute approximate surface area is 57.7 Å². The molecule has 10 heavy (non-hydrogen) atoms. The van der Waals surface area contributed by atoms with Crippen molar-refractivity contribution in [2.24, 2.45) is 0 Å². The lowest BCUT2D eigenvalue weighted by Crippen LogP contribution is -2.00. The molecule has 1 rings (SSSR count). The molecule has 1 N–H and O–H groups in total. The lowest BCUT2D eigenvalue weighted by atomic mass is 10.1. The van der Waals surface area contributed by atoms with Crippen LogP contribution in [0.1, 0.15) is 12.8 Å². The highest BCUT2D eigenvalue weighted by Crippen LogP contribution is 2.17. The van der Waals surface area contributed by atoms with E-state index in [-0.39, 0.29) is 11.4 Å². The molecule has 54 valence electrons. The summed E-state index contributed by atoms with van der Waals surface area (Å²) in [5.74, 6) is -1.41. The first-order valence-electron chi connectivity index (χ1n) is 2.99. The van der Waals surface area contributed by atoms with Gasteiger partial charge in [0.05, 0.1) is 5.57 Å². The summed E-state index contributed by atoms with van der Waals surface area (Å²) in [4.78, 5) is 10.2. The van der Waals surface area contributed by atoms with Gasteiger partial charge in [0.15, 0.2) is 0 Å². The van der Waals surface area contributed by atoms with Gasteiger partial charge in [-0.1, -0.05) is 6.08 Å². The number of hydrogen-bond donors (Lipinski definition) is 1. The van der Waals surface area contributed by atoms with Crippen molar-refractivity contribution in [1.82, 2.24) is 0 Å². The smallest absolute Gasteiger partial charge is 0.335 e. The molecule has 0 atom stereocenters. The third-order valence-electron chi connectivity index (χ3n) is 1.31. The molecule has 0 bridgehead atoms. The standard InChI is InChI=1S/C7H7FO2/c8-6-3-1-2-5(4-6)7(9)10/h2,4H,1,3H2,(H,9,10). The van der Waals surface area contributed by atoms with Gasteiger partial charge in [-0.25, -0.2) is 9.18 Å². The predicted octanol–water partition coefficient (Wildman–Crippen LogP) is 1.64. The largest absolute Gasteiger partial charge is 0.478 e. The highest BCUT2D eigenvalue weighted by molar-refractivity contribution is 5.90. The Morgan fingerprint density at radius 1 is 1.70 bits per heavy atom. The van der Waals surface area contributed by atoms with Gasteiger partial charge >= 0.3 is 5.97 Å². The van der Waals surface area contributed by atoms with Crippen LogP contribution in [0.25, 0.3) is 0 Å². The van der Waals surface area contributed by atoms with Crippen molar-refractivity contribution >= 4 is 5.97 Å². The Morgan fingerprint density at radius 3 is 2.80 bits per heavy atom. The molecule has 0 saturated carbocycles. The second-order valence-electron chi connectivity index (χ2n) is 2.09. The molecule has 0 unspecified atom stereocenters. The minimum Gasteiger partial charge on any atom is -0.478 e. The first-order valence-corrected chi connectivity index (χ1v) is 2.99. The molecule has 0 aliphatic heterocycles. The van der Waals surface area contributed by atoms with Crippen molar-refractivity contribution in [1.29, 1.82) is 0 Å². The average molecular weight is 142 g/mol. The summed E-state index contributed by atoms with van der Waals surface area (Å²) in [5.41, 5.74) is 0.0590. The van der Waals surface area contributed by atoms with Gasteiger partial charge in [-0.2, -0.15) is 0 Å². The van der Waals surface area contributed by atoms with Crippen molar-refractivity contribution in [3.8, 4) is 0 Å². The molecule has 0 heterocycles. The molecule has 1 aliphatic rings. The number of carbonyl (C=O) groups is 1. The number of carboxylic acid groups (broad SMARTS) is 1. The number of allylic oxidation sites excluding steroid dienone is 2. The van der Waals surface area contributed by atoms with Crippen LogP contribution in [0.5, 0.6) is 0 Å². The summed E-state index contributed by atoms with van der Waals surface area (Å²) in [5, 5.41) is 8.38. The first-order chi connectivity index (χ1) is 4.70. The van der Waals surface area contributed by atoms with Crippen LogP contribution in [0, 0.1) is 0 Å². The van der Waals surface area contributed by atoms with Crippen LogP contribution in [0.3, 0.4) is 0 Å². The molecular weight excluding hydrogens is 135 g/mol. The van der Waals surface area contributed by atoms with Gasteiger partial charge in [0.2, 0.25) is 0 Å². The number of hydrogen-bond acceptors (Lipinski definition) is 1. The second kappa shape index (κ2) is 2.64. The van der Waals surface area contributed by atoms with Gasteiger partial charge in [0.1, 0.15) is 5.83 Å². The summed E-state index contributed by atoms with van der Waals surface area (Å²) >= 11 is 0. The SMILES string of the molecule is O=C(O)C1=CCCC(F)=C1. The molecular formula is C7H7FO2. The quantitative estimate of drug-likeness (QED) is 0.604. The average Bonchev–Trinajstić information content (AvgIpc) is 1.88. The summed E-state index contributed by atoms with van der Waals surface area (Å²) in [6.07, 6.45) is 3.40. The molecule has 0 fully saturated rings. The highest BCUT2D eigenvalue weighted by atomic mass is 19.1. The zero-order valence-corrected chi connectivity index (χ0v) is 5.30. The lowest BCUT2D eigenvalue weighted by molar-refractivity contribution is -0.132. The Hall–Kier alpha value is -1.12. The van der Waals surface area contributed by atoms with Gasteiger partial charge in [0, 0.05) is 6.42 Å². The second-order valence-corrected chi connectivity index (χ2v) is 2.09. The van der Waals surface area contributed by atoms with Crippen LogP contribution in [0.2, 0.25) is 0 Å². The van der Waals surface area contributed by atoms with Crippen molar-refractivity contribution in [3.63, 3.8) is 0 Å². The van der Waals surface area contributed by atoms with Crippen LogP contribution in [-0.2, 0) is 4.79 Å². The Kier molecular flexibility index (Phi) is 1.85. The van der Waals surface area contributed by atoms with E-state index in [0.29, 0.717) is 12.8 Å². The van der Waals surface area contributed by atoms with Gasteiger partial charge in [-0.15, -0.1) is 0 Å². The monoisotopic (exact) mass is 142 g/mol. The summed E-state index contributed by atoms with van der Waals surface area (Å²) in [6, 6.07) is 0. The van der Waals surface area contributed by atoms with Crippen LogP contribution in [-0.4, -0.2) is 11.1 Å². The van der Waals surface area contributed by atoms with E-state index in [1.54, 1.807) is 0 Å². The normalized spacial score (nSPS) is 17.7. The molecule has 0 radical (unpaired) electrons. The minimum absolute atomic E-state index is 0.0590. The minimum atomic E-state index is -1.06. The van der Waals surface area contributed by atoms with E-state index in [0.717, 1.165) is 6.08 Å². The Bertz CT molecular complexity index is 216. The summed E-state index contributed by atoms with van der Waals surface area (Å²) in [7, 11) is 0. The molecule has 0 aromatic heterocycles. The van der Waals surface area contributed by atoms with Crippen molar-refractivity contribution in [2.45, 2.75) is 12.8 Å². The third kappa shape index (κ3) is 1.43. The molecule has 0 aromatic rings. The number of rotatable bonds is 1. The van der Waals surface area contributed by atoms with Gasteiger partial charge < -0.3 is 5.11 Å². The summed E-state index contributed by atoms with van der Waals surface area (Å²) < 4.78 is 12.4. The number of carboxylic acids is 1. The highest BCUT2D eigenvalue weighted by Gasteiger charge is 2.09. The van der Waals surface area contributed by atoms with Crippen LogP contribution in [0.4, 0.5) is 4.39 Å². The fraction of sp³-hybridized carbons (Fsp3) is 0.286. The van der Waals surface area contributed by atoms with Crippen molar-refractivity contribution < 1.29 is 14.3 Å². The van der Waals surface area contributed by atoms with Crippen LogP contribution < -0.4 is 0 Å². The molecule has 3 heteroatoms. The molecule has 0 saturated heterocycles. The first kappa shape index (κ1) is 6.99. The van der Waals surface area contributed by atoms with E-state index in [4.69, 9.17) is 5.11 Å². The fourth-order valence-electron chi connectivity index (χ4n) is 0.814. The van der Waals surface area contributed by atoms with Gasteiger partial charge in [-0.3, -0.25) is 0 Å². The molecule has 1 aliphatic carbocycles. The van der Waals surface area contributed by atoms with E-state index in [9.17, 15) is 9.18 Å². The van der Waals surface area contributed by atoms with Gasteiger partial charge in [-0.05, 0) is 12.5 Å². The van der Waals surface area contributed by atoms with E-state index in [1.165, 1.54) is 6.08 Å². The van der Waals surface area contributed by atoms with Gasteiger partial charge in [0.25, 0.3) is 0 Å². The zero-order valence-electron chi connectivity index (χ0n) is 5.30. The maximum Gasteiger partial charge on any atom is 0.335 e. The fourth-order valence-corrected chi connectivity index (χ4v) is 0.814. The van der Waals surface area contributed by atoms with Crippen molar-refractivity contribution in [3.05, 3.63) is 23.6 Å². The summed E-state index contributed by atoms with van der Waals surface area (Å²) in [6.45, 7) is 0. The van der Waals surface area contributed by atoms with E-state index >= 15 is 0 Å². The molecule has 2 nitrogen and oxygen atoms in total. The molecule has 0 spiro atoms. The van der Waals surface area contributed by atoms with Crippen molar-refractivity contribution in [2.75, 3.05) is 0 Å². The Balaban J connectivity index is 2.79. The Morgan fingerprint density at radius 2 is 2.40 bits per heavy atom. The molecule has 0 aromatic carbocycles. The van der Waals surface area contributed by atoms with Crippen LogP contribution in [0.15, 0.2) is 23.6 Å². The third-order valence-corrected chi connectivity index (χ3v) is 1.31. The molecule has 0 amide bonds. The van der Waals surface area contributed by atoms with E-state index in [2.05, 4.69) is 0 Å². The topological polar surface area (TPSA) is 37.3 Å².